The van der Waals surface area contributed by atoms with Gasteiger partial charge in [-0.1, -0.05) is 0 Å². The summed E-state index contributed by atoms with van der Waals surface area (Å²) >= 11 is 0. The molecule has 3 heterocycles. The zero-order valence-corrected chi connectivity index (χ0v) is 13.5. The van der Waals surface area contributed by atoms with E-state index in [4.69, 9.17) is 0 Å². The van der Waals surface area contributed by atoms with Gasteiger partial charge in [0.15, 0.2) is 0 Å². The van der Waals surface area contributed by atoms with Crippen LogP contribution >= 0.6 is 0 Å². The lowest BCUT2D eigenvalue weighted by Gasteiger charge is -2.17. The lowest BCUT2D eigenvalue weighted by molar-refractivity contribution is 0.310. The summed E-state index contributed by atoms with van der Waals surface area (Å²) in [6.07, 6.45) is 4.96. The predicted octanol–water partition coefficient (Wildman–Crippen LogP) is 2.67. The molecule has 0 unspecified atom stereocenters. The van der Waals surface area contributed by atoms with E-state index in [0.717, 1.165) is 37.3 Å². The summed E-state index contributed by atoms with van der Waals surface area (Å²) in [7, 11) is 2.17. The molecule has 0 spiro atoms. The molecule has 3 aromatic heterocycles. The van der Waals surface area contributed by atoms with Crippen LogP contribution in [0, 0.1) is 13.8 Å². The third-order valence-electron chi connectivity index (χ3n) is 3.93. The van der Waals surface area contributed by atoms with Gasteiger partial charge in [-0.3, -0.25) is 4.68 Å². The molecule has 116 valence electrons. The minimum atomic E-state index is 0.957. The van der Waals surface area contributed by atoms with Gasteiger partial charge in [-0.15, -0.1) is 0 Å². The lowest BCUT2D eigenvalue weighted by atomic mass is 10.2. The van der Waals surface area contributed by atoms with Gasteiger partial charge in [-0.25, -0.2) is 4.52 Å². The average molecular weight is 297 g/mol. The molecule has 3 rings (SSSR count). The molecule has 0 saturated heterocycles. The number of fused-ring (bicyclic) bond motifs is 1. The summed E-state index contributed by atoms with van der Waals surface area (Å²) in [6, 6.07) is 8.50. The summed E-state index contributed by atoms with van der Waals surface area (Å²) in [6.45, 7) is 7.15. The summed E-state index contributed by atoms with van der Waals surface area (Å²) < 4.78 is 3.99. The van der Waals surface area contributed by atoms with Crippen molar-refractivity contribution in [3.05, 3.63) is 53.6 Å². The Morgan fingerprint density at radius 3 is 2.82 bits per heavy atom. The van der Waals surface area contributed by atoms with Crippen LogP contribution in [0.5, 0.6) is 0 Å². The number of hydrogen-bond donors (Lipinski definition) is 0. The Balaban J connectivity index is 1.51. The van der Waals surface area contributed by atoms with E-state index in [-0.39, 0.29) is 0 Å². The van der Waals surface area contributed by atoms with Crippen molar-refractivity contribution >= 4 is 5.52 Å². The Kier molecular flexibility index (Phi) is 4.24. The number of nitrogens with zero attached hydrogens (tertiary/aromatic N) is 5. The van der Waals surface area contributed by atoms with Gasteiger partial charge in [0, 0.05) is 31.2 Å². The Labute approximate surface area is 131 Å². The van der Waals surface area contributed by atoms with E-state index < -0.39 is 0 Å². The maximum atomic E-state index is 4.51. The van der Waals surface area contributed by atoms with Crippen molar-refractivity contribution < 1.29 is 0 Å². The molecule has 3 aromatic rings. The minimum absolute atomic E-state index is 0.957. The van der Waals surface area contributed by atoms with Gasteiger partial charge in [0.25, 0.3) is 0 Å². The highest BCUT2D eigenvalue weighted by atomic mass is 15.3. The van der Waals surface area contributed by atoms with Crippen LogP contribution in [0.25, 0.3) is 5.52 Å². The van der Waals surface area contributed by atoms with Crippen LogP contribution in [0.3, 0.4) is 0 Å². The van der Waals surface area contributed by atoms with Crippen molar-refractivity contribution in [1.29, 1.82) is 0 Å². The van der Waals surface area contributed by atoms with Crippen molar-refractivity contribution in [3.63, 3.8) is 0 Å². The molecule has 0 N–H and O–H groups in total. The van der Waals surface area contributed by atoms with Gasteiger partial charge in [-0.2, -0.15) is 10.2 Å². The molecule has 0 aliphatic heterocycles. The Morgan fingerprint density at radius 2 is 2.05 bits per heavy atom. The van der Waals surface area contributed by atoms with Crippen LogP contribution in [-0.4, -0.2) is 37.9 Å². The van der Waals surface area contributed by atoms with E-state index in [1.54, 1.807) is 0 Å². The second kappa shape index (κ2) is 6.32. The molecule has 0 aromatic carbocycles. The maximum absolute atomic E-state index is 4.51. The first kappa shape index (κ1) is 14.8. The first-order chi connectivity index (χ1) is 10.6. The molecule has 22 heavy (non-hydrogen) atoms. The van der Waals surface area contributed by atoms with E-state index in [1.807, 2.05) is 29.9 Å². The van der Waals surface area contributed by atoms with E-state index >= 15 is 0 Å². The van der Waals surface area contributed by atoms with Crippen molar-refractivity contribution in [2.45, 2.75) is 33.4 Å². The summed E-state index contributed by atoms with van der Waals surface area (Å²) in [4.78, 5) is 2.36. The van der Waals surface area contributed by atoms with E-state index in [9.17, 15) is 0 Å². The average Bonchev–Trinajstić information content (AvgIpc) is 3.05. The zero-order valence-electron chi connectivity index (χ0n) is 13.5. The molecule has 0 bridgehead atoms. The first-order valence-corrected chi connectivity index (χ1v) is 7.74. The molecule has 0 aliphatic rings. The Hall–Kier alpha value is -2.14. The third-order valence-corrected chi connectivity index (χ3v) is 3.93. The van der Waals surface area contributed by atoms with Gasteiger partial charge < -0.3 is 4.90 Å². The SMILES string of the molecule is Cc1cc(C)n(CCCN(C)Cc2ccn3nccc3c2)n1. The summed E-state index contributed by atoms with van der Waals surface area (Å²) in [5.41, 5.74) is 4.81. The van der Waals surface area contributed by atoms with Gasteiger partial charge in [-0.05, 0) is 63.7 Å². The highest BCUT2D eigenvalue weighted by molar-refractivity contribution is 5.47. The van der Waals surface area contributed by atoms with Crippen LogP contribution < -0.4 is 0 Å². The van der Waals surface area contributed by atoms with Crippen molar-refractivity contribution in [2.75, 3.05) is 13.6 Å². The van der Waals surface area contributed by atoms with E-state index in [1.165, 1.54) is 11.3 Å². The normalized spacial score (nSPS) is 11.6. The predicted molar refractivity (Wildman–Crippen MR) is 87.8 cm³/mol. The van der Waals surface area contributed by atoms with Crippen molar-refractivity contribution in [3.8, 4) is 0 Å². The van der Waals surface area contributed by atoms with E-state index in [0.29, 0.717) is 0 Å². The molecule has 0 radical (unpaired) electrons. The molecule has 5 nitrogen and oxygen atoms in total. The first-order valence-electron chi connectivity index (χ1n) is 7.74. The fourth-order valence-electron chi connectivity index (χ4n) is 2.85. The molecule has 0 atom stereocenters. The monoisotopic (exact) mass is 297 g/mol. The van der Waals surface area contributed by atoms with Crippen LogP contribution in [0.4, 0.5) is 0 Å². The number of rotatable bonds is 6. The van der Waals surface area contributed by atoms with Crippen molar-refractivity contribution in [1.82, 2.24) is 24.3 Å². The van der Waals surface area contributed by atoms with Crippen LogP contribution in [0.15, 0.2) is 36.7 Å². The molecular weight excluding hydrogens is 274 g/mol. The molecule has 0 aliphatic carbocycles. The van der Waals surface area contributed by atoms with Gasteiger partial charge >= 0.3 is 0 Å². The van der Waals surface area contributed by atoms with E-state index in [2.05, 4.69) is 51.9 Å². The zero-order chi connectivity index (χ0) is 15.5. The van der Waals surface area contributed by atoms with Crippen LogP contribution in [-0.2, 0) is 13.1 Å². The topological polar surface area (TPSA) is 38.4 Å². The minimum Gasteiger partial charge on any atom is -0.302 e. The smallest absolute Gasteiger partial charge is 0.0664 e. The summed E-state index contributed by atoms with van der Waals surface area (Å²) in [5, 5.41) is 8.73. The molecule has 0 saturated carbocycles. The van der Waals surface area contributed by atoms with Gasteiger partial charge in [0.2, 0.25) is 0 Å². The molecule has 0 fully saturated rings. The quantitative estimate of drug-likeness (QED) is 0.702. The fraction of sp³-hybridized carbons (Fsp3) is 0.412. The molecule has 5 heteroatoms. The van der Waals surface area contributed by atoms with Gasteiger partial charge in [0.1, 0.15) is 0 Å². The van der Waals surface area contributed by atoms with Crippen molar-refractivity contribution in [2.24, 2.45) is 0 Å². The highest BCUT2D eigenvalue weighted by Crippen LogP contribution is 2.09. The maximum Gasteiger partial charge on any atom is 0.0664 e. The second-order valence-electron chi connectivity index (χ2n) is 5.98. The van der Waals surface area contributed by atoms with Crippen LogP contribution in [0.1, 0.15) is 23.4 Å². The Bertz CT molecular complexity index is 755. The number of aryl methyl sites for hydroxylation is 3. The number of aromatic nitrogens is 4. The molecular formula is C17H23N5. The number of hydrogen-bond acceptors (Lipinski definition) is 3. The van der Waals surface area contributed by atoms with Crippen LogP contribution in [0.2, 0.25) is 0 Å². The number of pyridine rings is 1. The highest BCUT2D eigenvalue weighted by Gasteiger charge is 2.04. The lowest BCUT2D eigenvalue weighted by Crippen LogP contribution is -2.20. The summed E-state index contributed by atoms with van der Waals surface area (Å²) in [5.74, 6) is 0. The van der Waals surface area contributed by atoms with Gasteiger partial charge in [0.05, 0.1) is 11.2 Å². The largest absolute Gasteiger partial charge is 0.302 e. The third kappa shape index (κ3) is 3.36. The Morgan fingerprint density at radius 1 is 1.18 bits per heavy atom. The molecule has 0 amide bonds. The second-order valence-corrected chi connectivity index (χ2v) is 5.98. The fourth-order valence-corrected chi connectivity index (χ4v) is 2.85. The standard InChI is InChI=1S/C17H23N5/c1-14-11-15(2)21(19-14)9-4-8-20(3)13-16-6-10-22-17(12-16)5-7-18-22/h5-7,10-12H,4,8-9,13H2,1-3H3.